The van der Waals surface area contributed by atoms with Crippen molar-refractivity contribution in [2.75, 3.05) is 13.2 Å². The molecule has 18 heavy (non-hydrogen) atoms. The number of rotatable bonds is 6. The molecule has 0 aliphatic heterocycles. The molecule has 0 saturated heterocycles. The average molecular weight is 379 g/mol. The first kappa shape index (κ1) is 15.0. The minimum absolute atomic E-state index is 0.374. The number of ether oxygens (including phenoxy) is 2. The second-order valence-corrected chi connectivity index (χ2v) is 4.78. The summed E-state index contributed by atoms with van der Waals surface area (Å²) in [5.74, 6) is 1.16. The molecule has 0 aliphatic rings. The minimum Gasteiger partial charge on any atom is -0.490 e. The van der Waals surface area contributed by atoms with Crippen molar-refractivity contribution in [2.24, 2.45) is 5.16 Å². The van der Waals surface area contributed by atoms with Crippen LogP contribution in [0.3, 0.4) is 0 Å². The highest BCUT2D eigenvalue weighted by molar-refractivity contribution is 9.13. The average Bonchev–Trinajstić information content (AvgIpc) is 2.36. The van der Waals surface area contributed by atoms with E-state index in [0.29, 0.717) is 34.7 Å². The molecule has 0 radical (unpaired) electrons. The van der Waals surface area contributed by atoms with Crippen molar-refractivity contribution in [3.63, 3.8) is 0 Å². The Morgan fingerprint density at radius 3 is 2.67 bits per heavy atom. The maximum atomic E-state index is 8.61. The Morgan fingerprint density at radius 1 is 1.39 bits per heavy atom. The van der Waals surface area contributed by atoms with Crippen molar-refractivity contribution in [3.8, 4) is 11.5 Å². The first-order valence-electron chi connectivity index (χ1n) is 5.21. The quantitative estimate of drug-likeness (QED) is 0.352. The molecular weight excluding hydrogens is 366 g/mol. The van der Waals surface area contributed by atoms with Gasteiger partial charge in [-0.05, 0) is 44.8 Å². The summed E-state index contributed by atoms with van der Waals surface area (Å²) in [5, 5.41) is 11.6. The molecule has 0 spiro atoms. The number of nitrogens with zero attached hydrogens (tertiary/aromatic N) is 1. The van der Waals surface area contributed by atoms with E-state index in [9.17, 15) is 0 Å². The first-order chi connectivity index (χ1) is 8.65. The summed E-state index contributed by atoms with van der Waals surface area (Å²) in [6.07, 6.45) is 2.97. The zero-order chi connectivity index (χ0) is 13.5. The molecule has 1 aromatic carbocycles. The Balaban J connectivity index is 3.29. The van der Waals surface area contributed by atoms with Crippen LogP contribution in [0.1, 0.15) is 12.5 Å². The Morgan fingerprint density at radius 2 is 2.11 bits per heavy atom. The molecule has 0 saturated carbocycles. The molecule has 6 heteroatoms. The van der Waals surface area contributed by atoms with Gasteiger partial charge < -0.3 is 14.7 Å². The maximum Gasteiger partial charge on any atom is 0.176 e. The van der Waals surface area contributed by atoms with E-state index >= 15 is 0 Å². The van der Waals surface area contributed by atoms with Gasteiger partial charge >= 0.3 is 0 Å². The Kier molecular flexibility index (Phi) is 6.21. The Bertz CT molecular complexity index is 461. The molecule has 0 amide bonds. The number of halogens is 2. The number of hydrogen-bond acceptors (Lipinski definition) is 4. The van der Waals surface area contributed by atoms with Crippen LogP contribution in [0.2, 0.25) is 0 Å². The van der Waals surface area contributed by atoms with Gasteiger partial charge in [0.15, 0.2) is 11.5 Å². The van der Waals surface area contributed by atoms with E-state index in [1.807, 2.05) is 6.92 Å². The van der Waals surface area contributed by atoms with Crippen LogP contribution in [0.25, 0.3) is 0 Å². The third-order valence-corrected chi connectivity index (χ3v) is 4.14. The summed E-state index contributed by atoms with van der Waals surface area (Å²) < 4.78 is 12.5. The second kappa shape index (κ2) is 7.43. The van der Waals surface area contributed by atoms with Crippen molar-refractivity contribution < 1.29 is 14.7 Å². The molecule has 4 nitrogen and oxygen atoms in total. The predicted octanol–water partition coefficient (Wildman–Crippen LogP) is 3.98. The fourth-order valence-corrected chi connectivity index (χ4v) is 2.24. The van der Waals surface area contributed by atoms with Crippen molar-refractivity contribution >= 4 is 38.1 Å². The van der Waals surface area contributed by atoms with Gasteiger partial charge in [0, 0.05) is 10.0 Å². The fourth-order valence-electron chi connectivity index (χ4n) is 1.30. The maximum absolute atomic E-state index is 8.61. The molecule has 1 N–H and O–H groups in total. The van der Waals surface area contributed by atoms with Gasteiger partial charge in [-0.3, -0.25) is 0 Å². The lowest BCUT2D eigenvalue weighted by Crippen LogP contribution is -2.01. The van der Waals surface area contributed by atoms with Gasteiger partial charge in [-0.25, -0.2) is 0 Å². The molecule has 1 rings (SSSR count). The van der Waals surface area contributed by atoms with Crippen LogP contribution in [0, 0.1) is 0 Å². The van der Waals surface area contributed by atoms with Crippen LogP contribution >= 0.6 is 31.9 Å². The monoisotopic (exact) mass is 377 g/mol. The smallest absolute Gasteiger partial charge is 0.176 e. The zero-order valence-electron chi connectivity index (χ0n) is 9.82. The molecule has 0 bridgehead atoms. The van der Waals surface area contributed by atoms with Crippen LogP contribution in [0.4, 0.5) is 0 Å². The molecule has 0 aliphatic carbocycles. The van der Waals surface area contributed by atoms with E-state index in [0.717, 1.165) is 4.47 Å². The van der Waals surface area contributed by atoms with Crippen molar-refractivity contribution in [3.05, 3.63) is 33.2 Å². The molecule has 98 valence electrons. The second-order valence-electron chi connectivity index (χ2n) is 3.20. The normalized spacial score (nSPS) is 10.6. The van der Waals surface area contributed by atoms with E-state index in [-0.39, 0.29) is 0 Å². The topological polar surface area (TPSA) is 51.0 Å². The van der Waals surface area contributed by atoms with Gasteiger partial charge in [0.05, 0.1) is 17.3 Å². The predicted molar refractivity (Wildman–Crippen MR) is 78.1 cm³/mol. The van der Waals surface area contributed by atoms with E-state index in [4.69, 9.17) is 14.7 Å². The van der Waals surface area contributed by atoms with Crippen LogP contribution in [0.5, 0.6) is 11.5 Å². The van der Waals surface area contributed by atoms with Gasteiger partial charge in [-0.15, -0.1) is 0 Å². The summed E-state index contributed by atoms with van der Waals surface area (Å²) in [7, 11) is 0. The lowest BCUT2D eigenvalue weighted by molar-refractivity contribution is 0.295. The minimum atomic E-state index is 0.374. The Hall–Kier alpha value is -1.01. The first-order valence-corrected chi connectivity index (χ1v) is 6.80. The Labute approximate surface area is 123 Å². The van der Waals surface area contributed by atoms with Crippen molar-refractivity contribution in [2.45, 2.75) is 6.92 Å². The molecular formula is C12H13Br2NO3. The van der Waals surface area contributed by atoms with E-state index in [2.05, 4.69) is 43.6 Å². The van der Waals surface area contributed by atoms with E-state index in [1.54, 1.807) is 12.1 Å². The van der Waals surface area contributed by atoms with Crippen molar-refractivity contribution in [1.82, 2.24) is 0 Å². The molecule has 0 atom stereocenters. The molecule has 0 unspecified atom stereocenters. The van der Waals surface area contributed by atoms with Crippen LogP contribution < -0.4 is 9.47 Å². The fraction of sp³-hybridized carbons (Fsp3) is 0.250. The summed E-state index contributed by atoms with van der Waals surface area (Å²) in [6.45, 7) is 6.37. The SMILES string of the molecule is C=CCOc1c(OCC)cc(/C=N/O)c(Br)c1Br. The molecule has 0 fully saturated rings. The van der Waals surface area contributed by atoms with Crippen LogP contribution in [-0.2, 0) is 0 Å². The van der Waals surface area contributed by atoms with Gasteiger partial charge in [-0.1, -0.05) is 17.8 Å². The van der Waals surface area contributed by atoms with Crippen LogP contribution in [-0.4, -0.2) is 24.6 Å². The largest absolute Gasteiger partial charge is 0.490 e. The highest BCUT2D eigenvalue weighted by atomic mass is 79.9. The molecule has 0 aromatic heterocycles. The van der Waals surface area contributed by atoms with Crippen molar-refractivity contribution in [1.29, 1.82) is 0 Å². The van der Waals surface area contributed by atoms with Crippen LogP contribution in [0.15, 0.2) is 32.8 Å². The van der Waals surface area contributed by atoms with Gasteiger partial charge in [0.2, 0.25) is 0 Å². The van der Waals surface area contributed by atoms with Gasteiger partial charge in [0.25, 0.3) is 0 Å². The highest BCUT2D eigenvalue weighted by Gasteiger charge is 2.16. The summed E-state index contributed by atoms with van der Waals surface area (Å²) in [4.78, 5) is 0. The number of benzene rings is 1. The third kappa shape index (κ3) is 3.49. The number of oxime groups is 1. The highest BCUT2D eigenvalue weighted by Crippen LogP contribution is 2.42. The summed E-state index contributed by atoms with van der Waals surface area (Å²) >= 11 is 6.82. The van der Waals surface area contributed by atoms with E-state index < -0.39 is 0 Å². The molecule has 1 aromatic rings. The summed E-state index contributed by atoms with van der Waals surface area (Å²) in [5.41, 5.74) is 0.679. The van der Waals surface area contributed by atoms with Gasteiger partial charge in [-0.2, -0.15) is 0 Å². The van der Waals surface area contributed by atoms with E-state index in [1.165, 1.54) is 6.21 Å². The zero-order valence-corrected chi connectivity index (χ0v) is 13.0. The molecule has 0 heterocycles. The van der Waals surface area contributed by atoms with Gasteiger partial charge in [0.1, 0.15) is 6.61 Å². The lowest BCUT2D eigenvalue weighted by atomic mass is 10.2. The third-order valence-electron chi connectivity index (χ3n) is 2.00. The summed E-state index contributed by atoms with van der Waals surface area (Å²) in [6, 6.07) is 1.73. The lowest BCUT2D eigenvalue weighted by Gasteiger charge is -2.15. The number of hydrogen-bond donors (Lipinski definition) is 1. The standard InChI is InChI=1S/C12H13Br2NO3/c1-3-5-18-12-9(17-4-2)6-8(7-15-16)10(13)11(12)14/h3,6-7,16H,1,4-5H2,2H3/b15-7+.